The van der Waals surface area contributed by atoms with Crippen molar-refractivity contribution < 1.29 is 19.1 Å². The molecule has 0 spiro atoms. The molecule has 2 unspecified atom stereocenters. The Balaban J connectivity index is 1.60. The van der Waals surface area contributed by atoms with E-state index in [-0.39, 0.29) is 18.0 Å². The summed E-state index contributed by atoms with van der Waals surface area (Å²) in [4.78, 5) is 46.3. The van der Waals surface area contributed by atoms with E-state index >= 15 is 0 Å². The summed E-state index contributed by atoms with van der Waals surface area (Å²) in [5.74, 6) is 1.12. The number of thiophene rings is 1. The minimum atomic E-state index is -0.423. The third-order valence-corrected chi connectivity index (χ3v) is 7.87. The lowest BCUT2D eigenvalue weighted by Crippen LogP contribution is -2.44. The number of rotatable bonds is 6. The number of nitrogens with zero attached hydrogens (tertiary/aromatic N) is 3. The van der Waals surface area contributed by atoms with Gasteiger partial charge in [-0.2, -0.15) is 0 Å². The summed E-state index contributed by atoms with van der Waals surface area (Å²) in [6.07, 6.45) is 2.47. The lowest BCUT2D eigenvalue weighted by atomic mass is 9.92. The molecule has 1 aromatic carbocycles. The highest BCUT2D eigenvalue weighted by molar-refractivity contribution is 7.20. The van der Waals surface area contributed by atoms with Crippen LogP contribution >= 0.6 is 22.9 Å². The summed E-state index contributed by atoms with van der Waals surface area (Å²) in [7, 11) is 2.96. The smallest absolute Gasteiger partial charge is 0.266 e. The quantitative estimate of drug-likeness (QED) is 0.510. The van der Waals surface area contributed by atoms with Crippen molar-refractivity contribution in [2.24, 2.45) is 11.8 Å². The molecule has 36 heavy (non-hydrogen) atoms. The van der Waals surface area contributed by atoms with Gasteiger partial charge in [0, 0.05) is 19.2 Å². The number of aromatic nitrogens is 2. The molecule has 1 fully saturated rings. The normalized spacial score (nSPS) is 17.8. The van der Waals surface area contributed by atoms with Crippen molar-refractivity contribution in [3.63, 3.8) is 0 Å². The number of halogens is 1. The topological polar surface area (TPSA) is 103 Å². The highest BCUT2D eigenvalue weighted by Crippen LogP contribution is 2.37. The fourth-order valence-electron chi connectivity index (χ4n) is 4.74. The van der Waals surface area contributed by atoms with Gasteiger partial charge >= 0.3 is 0 Å². The number of likely N-dealkylation sites (tertiary alicyclic amines) is 1. The molecule has 0 bridgehead atoms. The van der Waals surface area contributed by atoms with Crippen LogP contribution in [0.2, 0.25) is 5.02 Å². The molecule has 0 radical (unpaired) electrons. The number of methoxy groups -OCH3 is 2. The van der Waals surface area contributed by atoms with Gasteiger partial charge in [0.15, 0.2) is 0 Å². The number of piperidine rings is 1. The Morgan fingerprint density at radius 2 is 1.83 bits per heavy atom. The number of fused-ring (bicyclic) bond motifs is 1. The minimum Gasteiger partial charge on any atom is -0.495 e. The van der Waals surface area contributed by atoms with E-state index in [1.54, 1.807) is 19.1 Å². The first-order valence-electron chi connectivity index (χ1n) is 11.6. The van der Waals surface area contributed by atoms with Crippen molar-refractivity contribution in [2.45, 2.75) is 33.7 Å². The Morgan fingerprint density at radius 1 is 1.17 bits per heavy atom. The number of nitrogens with one attached hydrogen (secondary N) is 1. The SMILES string of the molecule is COc1cc(OC)c(NC(=O)c2sc3ncn(CC(=O)N4CC(C)CC(C)C4)c(=O)c3c2C)cc1Cl. The largest absolute Gasteiger partial charge is 0.495 e. The Bertz CT molecular complexity index is 1380. The van der Waals surface area contributed by atoms with Crippen LogP contribution in [0.25, 0.3) is 10.2 Å². The van der Waals surface area contributed by atoms with Crippen molar-refractivity contribution in [1.29, 1.82) is 0 Å². The fraction of sp³-hybridized carbons (Fsp3) is 0.440. The molecule has 1 aliphatic heterocycles. The lowest BCUT2D eigenvalue weighted by molar-refractivity contribution is -0.134. The van der Waals surface area contributed by atoms with Crippen LogP contribution in [0.4, 0.5) is 5.69 Å². The summed E-state index contributed by atoms with van der Waals surface area (Å²) >= 11 is 7.34. The second-order valence-corrected chi connectivity index (χ2v) is 10.7. The highest BCUT2D eigenvalue weighted by atomic mass is 35.5. The number of amides is 2. The van der Waals surface area contributed by atoms with Crippen LogP contribution < -0.4 is 20.3 Å². The van der Waals surface area contributed by atoms with Crippen LogP contribution in [-0.2, 0) is 11.3 Å². The van der Waals surface area contributed by atoms with Crippen LogP contribution in [0.15, 0.2) is 23.3 Å². The fourth-order valence-corrected chi connectivity index (χ4v) is 6.01. The van der Waals surface area contributed by atoms with Gasteiger partial charge in [-0.05, 0) is 36.8 Å². The zero-order chi connectivity index (χ0) is 26.1. The molecule has 9 nitrogen and oxygen atoms in total. The van der Waals surface area contributed by atoms with E-state index in [2.05, 4.69) is 24.1 Å². The molecule has 11 heteroatoms. The Labute approximate surface area is 218 Å². The molecule has 1 saturated heterocycles. The monoisotopic (exact) mass is 532 g/mol. The van der Waals surface area contributed by atoms with Gasteiger partial charge in [0.2, 0.25) is 5.91 Å². The van der Waals surface area contributed by atoms with E-state index in [1.807, 2.05) is 4.90 Å². The maximum absolute atomic E-state index is 13.3. The van der Waals surface area contributed by atoms with Crippen LogP contribution in [0.5, 0.6) is 11.5 Å². The van der Waals surface area contributed by atoms with Gasteiger partial charge in [0.1, 0.15) is 22.9 Å². The maximum Gasteiger partial charge on any atom is 0.266 e. The number of carbonyl (C=O) groups is 2. The van der Waals surface area contributed by atoms with E-state index < -0.39 is 5.91 Å². The molecule has 0 saturated carbocycles. The third kappa shape index (κ3) is 5.05. The van der Waals surface area contributed by atoms with Crippen molar-refractivity contribution in [1.82, 2.24) is 14.5 Å². The molecule has 3 heterocycles. The van der Waals surface area contributed by atoms with Gasteiger partial charge < -0.3 is 19.7 Å². The van der Waals surface area contributed by atoms with Gasteiger partial charge in [-0.15, -0.1) is 11.3 Å². The summed E-state index contributed by atoms with van der Waals surface area (Å²) in [6.45, 7) is 7.26. The molecule has 2 aromatic heterocycles. The van der Waals surface area contributed by atoms with E-state index in [9.17, 15) is 14.4 Å². The zero-order valence-electron chi connectivity index (χ0n) is 20.9. The maximum atomic E-state index is 13.3. The summed E-state index contributed by atoms with van der Waals surface area (Å²) in [6, 6.07) is 3.12. The number of ether oxygens (including phenoxy) is 2. The van der Waals surface area contributed by atoms with Gasteiger partial charge in [-0.1, -0.05) is 25.4 Å². The second kappa shape index (κ2) is 10.5. The standard InChI is InChI=1S/C25H29ClN4O5S/c1-13-6-14(2)10-29(9-13)20(31)11-30-12-27-24-21(25(30)33)15(3)22(36-24)23(32)28-17-7-16(26)18(34-4)8-19(17)35-5/h7-8,12-14H,6,9-11H2,1-5H3,(H,28,32). The van der Waals surface area contributed by atoms with Crippen molar-refractivity contribution >= 4 is 50.7 Å². The average molecular weight is 533 g/mol. The predicted octanol–water partition coefficient (Wildman–Crippen LogP) is 4.19. The highest BCUT2D eigenvalue weighted by Gasteiger charge is 2.26. The van der Waals surface area contributed by atoms with Crippen LogP contribution in [0.3, 0.4) is 0 Å². The third-order valence-electron chi connectivity index (χ3n) is 6.37. The number of hydrogen-bond acceptors (Lipinski definition) is 7. The Morgan fingerprint density at radius 3 is 2.47 bits per heavy atom. The number of carbonyl (C=O) groups excluding carboxylic acids is 2. The summed E-state index contributed by atoms with van der Waals surface area (Å²) < 4.78 is 11.9. The van der Waals surface area contributed by atoms with Gasteiger partial charge in [0.25, 0.3) is 11.5 Å². The molecule has 1 N–H and O–H groups in total. The van der Waals surface area contributed by atoms with Crippen LogP contribution in [-0.4, -0.2) is 53.6 Å². The molecule has 2 amide bonds. The Kier molecular flexibility index (Phi) is 7.56. The van der Waals surface area contributed by atoms with Gasteiger partial charge in [-0.3, -0.25) is 19.0 Å². The minimum absolute atomic E-state index is 0.0838. The molecule has 3 aromatic rings. The zero-order valence-corrected chi connectivity index (χ0v) is 22.5. The molecular weight excluding hydrogens is 504 g/mol. The first-order chi connectivity index (χ1) is 17.1. The summed E-state index contributed by atoms with van der Waals surface area (Å²) in [5.41, 5.74) is 0.529. The molecule has 4 rings (SSSR count). The van der Waals surface area contributed by atoms with E-state index in [4.69, 9.17) is 21.1 Å². The number of aryl methyl sites for hydroxylation is 1. The number of hydrogen-bond donors (Lipinski definition) is 1. The van der Waals surface area contributed by atoms with Crippen molar-refractivity contribution in [3.8, 4) is 11.5 Å². The number of benzene rings is 1. The molecule has 1 aliphatic rings. The van der Waals surface area contributed by atoms with Gasteiger partial charge in [-0.25, -0.2) is 4.98 Å². The molecule has 0 aliphatic carbocycles. The van der Waals surface area contributed by atoms with E-state index in [1.165, 1.54) is 25.1 Å². The predicted molar refractivity (Wildman–Crippen MR) is 141 cm³/mol. The molecule has 2 atom stereocenters. The Hall–Kier alpha value is -3.11. The summed E-state index contributed by atoms with van der Waals surface area (Å²) in [5, 5.41) is 3.45. The van der Waals surface area contributed by atoms with E-state index in [0.29, 0.717) is 67.8 Å². The first kappa shape index (κ1) is 26.0. The van der Waals surface area contributed by atoms with Crippen LogP contribution in [0.1, 0.15) is 35.5 Å². The van der Waals surface area contributed by atoms with E-state index in [0.717, 1.165) is 17.8 Å². The number of anilines is 1. The van der Waals surface area contributed by atoms with Crippen molar-refractivity contribution in [2.75, 3.05) is 32.6 Å². The van der Waals surface area contributed by atoms with Crippen molar-refractivity contribution in [3.05, 3.63) is 44.3 Å². The average Bonchev–Trinajstić information content (AvgIpc) is 3.17. The first-order valence-corrected chi connectivity index (χ1v) is 12.8. The molecular formula is C25H29ClN4O5S. The van der Waals surface area contributed by atoms with Gasteiger partial charge in [0.05, 0.1) is 41.5 Å². The second-order valence-electron chi connectivity index (χ2n) is 9.30. The lowest BCUT2D eigenvalue weighted by Gasteiger charge is -2.35. The molecule has 192 valence electrons. The van der Waals surface area contributed by atoms with Crippen LogP contribution in [0, 0.1) is 18.8 Å².